The number of aryl methyl sites for hydroxylation is 1. The summed E-state index contributed by atoms with van der Waals surface area (Å²) in [4.78, 5) is 14.2. The van der Waals surface area contributed by atoms with Crippen LogP contribution in [0.5, 0.6) is 0 Å². The van der Waals surface area contributed by atoms with E-state index in [9.17, 15) is 4.79 Å². The van der Waals surface area contributed by atoms with Crippen molar-refractivity contribution in [3.63, 3.8) is 0 Å². The van der Waals surface area contributed by atoms with Gasteiger partial charge in [-0.1, -0.05) is 12.8 Å². The molecule has 5 heteroatoms. The van der Waals surface area contributed by atoms with E-state index in [0.717, 1.165) is 30.3 Å². The van der Waals surface area contributed by atoms with Crippen molar-refractivity contribution in [1.29, 1.82) is 0 Å². The number of hydrogen-bond donors (Lipinski definition) is 2. The molecule has 1 aromatic rings. The number of carbonyl (C=O) groups excluding carboxylic acids is 1. The first-order valence-corrected chi connectivity index (χ1v) is 8.03. The quantitative estimate of drug-likeness (QED) is 0.509. The number of fused-ring (bicyclic) bond motifs is 1. The molecule has 0 unspecified atom stereocenters. The zero-order chi connectivity index (χ0) is 14.8. The van der Waals surface area contributed by atoms with E-state index in [1.165, 1.54) is 38.5 Å². The van der Waals surface area contributed by atoms with Crippen molar-refractivity contribution in [1.82, 2.24) is 10.3 Å². The fourth-order valence-electron chi connectivity index (χ4n) is 4.04. The molecule has 2 aliphatic rings. The zero-order valence-electron chi connectivity index (χ0n) is 12.7. The number of nitrogens with zero attached hydrogens (tertiary/aromatic N) is 1. The second kappa shape index (κ2) is 6.20. The van der Waals surface area contributed by atoms with Crippen molar-refractivity contribution in [2.45, 2.75) is 58.0 Å². The highest BCUT2D eigenvalue weighted by Gasteiger charge is 2.33. The Hall–Kier alpha value is -1.33. The minimum Gasteiger partial charge on any atom is -0.454 e. The van der Waals surface area contributed by atoms with Crippen LogP contribution >= 0.6 is 0 Å². The van der Waals surface area contributed by atoms with Gasteiger partial charge in [-0.15, -0.1) is 0 Å². The molecule has 0 bridgehead atoms. The molecule has 0 spiro atoms. The first-order chi connectivity index (χ1) is 10.2. The topological polar surface area (TPSA) is 71.5 Å². The standard InChI is InChI=1S/C16H25N3O2/c1-11-9-13(21-15(11)16(20)18-17)10-19-8-4-6-12-5-2-3-7-14(12)19/h9,12,14H,2-8,10,17H2,1H3,(H,18,20)/t12-,14-/m1/s1. The number of hydrazine groups is 1. The molecule has 3 N–H and O–H groups in total. The molecule has 1 aliphatic heterocycles. The van der Waals surface area contributed by atoms with Crippen LogP contribution in [0.25, 0.3) is 0 Å². The summed E-state index contributed by atoms with van der Waals surface area (Å²) in [6, 6.07) is 2.67. The van der Waals surface area contributed by atoms with Crippen molar-refractivity contribution >= 4 is 5.91 Å². The Kier molecular flexibility index (Phi) is 4.31. The van der Waals surface area contributed by atoms with Gasteiger partial charge < -0.3 is 4.42 Å². The lowest BCUT2D eigenvalue weighted by Gasteiger charge is -2.43. The molecule has 2 heterocycles. The van der Waals surface area contributed by atoms with Crippen molar-refractivity contribution in [2.75, 3.05) is 6.54 Å². The van der Waals surface area contributed by atoms with Crippen LogP contribution in [0.1, 0.15) is 60.4 Å². The van der Waals surface area contributed by atoms with Crippen LogP contribution in [0.2, 0.25) is 0 Å². The fraction of sp³-hybridized carbons (Fsp3) is 0.688. The number of nitrogens with two attached hydrogens (primary N) is 1. The average Bonchev–Trinajstić information content (AvgIpc) is 2.87. The number of nitrogen functional groups attached to an aromatic ring is 1. The molecule has 5 nitrogen and oxygen atoms in total. The first-order valence-electron chi connectivity index (χ1n) is 8.03. The monoisotopic (exact) mass is 291 g/mol. The minimum atomic E-state index is -0.354. The summed E-state index contributed by atoms with van der Waals surface area (Å²) < 4.78 is 5.72. The van der Waals surface area contributed by atoms with Gasteiger partial charge in [0, 0.05) is 11.6 Å². The van der Waals surface area contributed by atoms with E-state index >= 15 is 0 Å². The number of amides is 1. The lowest BCUT2D eigenvalue weighted by Crippen LogP contribution is -2.46. The number of piperidine rings is 1. The molecule has 0 radical (unpaired) electrons. The van der Waals surface area contributed by atoms with Gasteiger partial charge in [-0.2, -0.15) is 0 Å². The fourth-order valence-corrected chi connectivity index (χ4v) is 4.04. The Morgan fingerprint density at radius 2 is 2.14 bits per heavy atom. The van der Waals surface area contributed by atoms with Crippen LogP contribution in [0.4, 0.5) is 0 Å². The predicted molar refractivity (Wildman–Crippen MR) is 80.5 cm³/mol. The molecule has 3 rings (SSSR count). The molecule has 1 aromatic heterocycles. The van der Waals surface area contributed by atoms with Crippen molar-refractivity contribution in [3.8, 4) is 0 Å². The number of furan rings is 1. The maximum absolute atomic E-state index is 11.6. The van der Waals surface area contributed by atoms with Gasteiger partial charge in [-0.25, -0.2) is 5.84 Å². The van der Waals surface area contributed by atoms with E-state index in [2.05, 4.69) is 10.3 Å². The third-order valence-electron chi connectivity index (χ3n) is 5.02. The van der Waals surface area contributed by atoms with Gasteiger partial charge in [-0.3, -0.25) is 15.1 Å². The molecule has 1 saturated heterocycles. The highest BCUT2D eigenvalue weighted by molar-refractivity contribution is 5.92. The normalized spacial score (nSPS) is 26.4. The highest BCUT2D eigenvalue weighted by atomic mass is 16.4. The van der Waals surface area contributed by atoms with E-state index in [4.69, 9.17) is 10.3 Å². The summed E-state index contributed by atoms with van der Waals surface area (Å²) in [7, 11) is 0. The molecule has 1 saturated carbocycles. The smallest absolute Gasteiger partial charge is 0.301 e. The summed E-state index contributed by atoms with van der Waals surface area (Å²) >= 11 is 0. The third kappa shape index (κ3) is 2.99. The van der Waals surface area contributed by atoms with Crippen molar-refractivity contribution in [2.24, 2.45) is 11.8 Å². The number of nitrogens with one attached hydrogen (secondary N) is 1. The Labute approximate surface area is 125 Å². The van der Waals surface area contributed by atoms with Crippen LogP contribution in [-0.4, -0.2) is 23.4 Å². The molecule has 0 aromatic carbocycles. The number of likely N-dealkylation sites (tertiary alicyclic amines) is 1. The van der Waals surface area contributed by atoms with Gasteiger partial charge in [0.1, 0.15) is 5.76 Å². The van der Waals surface area contributed by atoms with Crippen LogP contribution in [0, 0.1) is 12.8 Å². The second-order valence-electron chi connectivity index (χ2n) is 6.42. The van der Waals surface area contributed by atoms with Crippen LogP contribution in [0.15, 0.2) is 10.5 Å². The maximum atomic E-state index is 11.6. The molecule has 2 fully saturated rings. The van der Waals surface area contributed by atoms with E-state index < -0.39 is 0 Å². The van der Waals surface area contributed by atoms with Gasteiger partial charge in [0.15, 0.2) is 5.76 Å². The molecule has 1 amide bonds. The number of carbonyl (C=O) groups is 1. The van der Waals surface area contributed by atoms with Crippen molar-refractivity contribution in [3.05, 3.63) is 23.2 Å². The van der Waals surface area contributed by atoms with Crippen LogP contribution < -0.4 is 11.3 Å². The molecular weight excluding hydrogens is 266 g/mol. The van der Waals surface area contributed by atoms with Gasteiger partial charge in [-0.05, 0) is 51.1 Å². The summed E-state index contributed by atoms with van der Waals surface area (Å²) in [5, 5.41) is 0. The Morgan fingerprint density at radius 1 is 1.38 bits per heavy atom. The molecule has 1 aliphatic carbocycles. The Bertz CT molecular complexity index is 510. The highest BCUT2D eigenvalue weighted by Crippen LogP contribution is 2.36. The SMILES string of the molecule is Cc1cc(CN2CCC[C@H]3CCCC[C@H]32)oc1C(=O)NN. The van der Waals surface area contributed by atoms with Gasteiger partial charge in [0.2, 0.25) is 0 Å². The molecular formula is C16H25N3O2. The lowest BCUT2D eigenvalue weighted by molar-refractivity contribution is 0.0490. The minimum absolute atomic E-state index is 0.338. The largest absolute Gasteiger partial charge is 0.454 e. The van der Waals surface area contributed by atoms with Crippen molar-refractivity contribution < 1.29 is 9.21 Å². The first kappa shape index (κ1) is 14.6. The summed E-state index contributed by atoms with van der Waals surface area (Å²) in [5.41, 5.74) is 2.99. The Balaban J connectivity index is 1.72. The van der Waals surface area contributed by atoms with Crippen LogP contribution in [-0.2, 0) is 6.54 Å². The average molecular weight is 291 g/mol. The van der Waals surface area contributed by atoms with Crippen LogP contribution in [0.3, 0.4) is 0 Å². The van der Waals surface area contributed by atoms with Gasteiger partial charge >= 0.3 is 5.91 Å². The van der Waals surface area contributed by atoms with Gasteiger partial charge in [0.05, 0.1) is 6.54 Å². The molecule has 116 valence electrons. The molecule has 21 heavy (non-hydrogen) atoms. The van der Waals surface area contributed by atoms with E-state index in [1.54, 1.807) is 0 Å². The summed E-state index contributed by atoms with van der Waals surface area (Å²) in [6.45, 7) is 3.83. The third-order valence-corrected chi connectivity index (χ3v) is 5.02. The Morgan fingerprint density at radius 3 is 2.95 bits per heavy atom. The number of rotatable bonds is 3. The maximum Gasteiger partial charge on any atom is 0.301 e. The second-order valence-corrected chi connectivity index (χ2v) is 6.42. The van der Waals surface area contributed by atoms with E-state index in [-0.39, 0.29) is 5.91 Å². The predicted octanol–water partition coefficient (Wildman–Crippen LogP) is 2.35. The summed E-state index contributed by atoms with van der Waals surface area (Å²) in [5.74, 6) is 6.90. The zero-order valence-corrected chi connectivity index (χ0v) is 12.7. The molecule has 2 atom stereocenters. The van der Waals surface area contributed by atoms with E-state index in [1.807, 2.05) is 13.0 Å². The lowest BCUT2D eigenvalue weighted by atomic mass is 9.78. The van der Waals surface area contributed by atoms with Gasteiger partial charge in [0.25, 0.3) is 0 Å². The summed E-state index contributed by atoms with van der Waals surface area (Å²) in [6.07, 6.45) is 8.06. The van der Waals surface area contributed by atoms with E-state index in [0.29, 0.717) is 11.8 Å². The number of hydrogen-bond acceptors (Lipinski definition) is 4.